The third-order valence-electron chi connectivity index (χ3n) is 3.24. The van der Waals surface area contributed by atoms with Crippen molar-refractivity contribution in [2.24, 2.45) is 0 Å². The molecular weight excluding hydrogens is 320 g/mol. The highest BCUT2D eigenvalue weighted by atomic mass is 32.2. The first-order chi connectivity index (χ1) is 11.0. The minimum absolute atomic E-state index is 0.0875. The number of rotatable bonds is 6. The lowest BCUT2D eigenvalue weighted by Gasteiger charge is -2.17. The number of benzene rings is 2. The predicted molar refractivity (Wildman–Crippen MR) is 86.6 cm³/mol. The van der Waals surface area contributed by atoms with E-state index in [1.165, 1.54) is 48.0 Å². The number of hydrogen-bond donors (Lipinski definition) is 0. The zero-order chi connectivity index (χ0) is 16.8. The number of carbonyl (C=O) groups excluding carboxylic acids is 1. The Morgan fingerprint density at radius 1 is 1.17 bits per heavy atom. The van der Waals surface area contributed by atoms with Crippen LogP contribution < -0.4 is 4.74 Å². The number of hydrogen-bond acceptors (Lipinski definition) is 3. The van der Waals surface area contributed by atoms with Crippen LogP contribution in [0.1, 0.15) is 5.56 Å². The van der Waals surface area contributed by atoms with Crippen LogP contribution in [0.5, 0.6) is 5.75 Å². The molecule has 2 rings (SSSR count). The molecule has 6 heteroatoms. The van der Waals surface area contributed by atoms with Gasteiger partial charge in [-0.25, -0.2) is 8.78 Å². The Morgan fingerprint density at radius 2 is 1.87 bits per heavy atom. The number of methoxy groups -OCH3 is 1. The maximum atomic E-state index is 13.6. The van der Waals surface area contributed by atoms with Crippen LogP contribution >= 0.6 is 11.8 Å². The number of carbonyl (C=O) groups is 1. The Balaban J connectivity index is 1.89. The van der Waals surface area contributed by atoms with Crippen LogP contribution in [-0.4, -0.2) is 30.7 Å². The molecule has 0 radical (unpaired) electrons. The van der Waals surface area contributed by atoms with E-state index in [-0.39, 0.29) is 23.2 Å². The highest BCUT2D eigenvalue weighted by Crippen LogP contribution is 2.20. The molecule has 1 amide bonds. The van der Waals surface area contributed by atoms with Crippen molar-refractivity contribution in [3.8, 4) is 5.75 Å². The smallest absolute Gasteiger partial charge is 0.232 e. The molecule has 0 atom stereocenters. The molecule has 0 aromatic heterocycles. The molecule has 0 aliphatic carbocycles. The lowest BCUT2D eigenvalue weighted by molar-refractivity contribution is -0.127. The van der Waals surface area contributed by atoms with Crippen LogP contribution in [0.15, 0.2) is 47.4 Å². The van der Waals surface area contributed by atoms with E-state index < -0.39 is 5.82 Å². The van der Waals surface area contributed by atoms with Crippen molar-refractivity contribution in [3.63, 3.8) is 0 Å². The van der Waals surface area contributed by atoms with Gasteiger partial charge in [0.25, 0.3) is 0 Å². The number of nitrogens with zero attached hydrogens (tertiary/aromatic N) is 1. The van der Waals surface area contributed by atoms with Gasteiger partial charge >= 0.3 is 0 Å². The van der Waals surface area contributed by atoms with Gasteiger partial charge in [-0.3, -0.25) is 4.79 Å². The Bertz CT molecular complexity index is 677. The van der Waals surface area contributed by atoms with E-state index in [0.29, 0.717) is 12.1 Å². The zero-order valence-corrected chi connectivity index (χ0v) is 13.7. The number of amides is 1. The van der Waals surface area contributed by atoms with Crippen LogP contribution in [0.4, 0.5) is 8.78 Å². The van der Waals surface area contributed by atoms with Crippen molar-refractivity contribution in [3.05, 3.63) is 59.7 Å². The molecule has 0 saturated carbocycles. The normalized spacial score (nSPS) is 10.4. The van der Waals surface area contributed by atoms with E-state index in [0.717, 1.165) is 4.90 Å². The van der Waals surface area contributed by atoms with Crippen molar-refractivity contribution in [2.75, 3.05) is 19.9 Å². The summed E-state index contributed by atoms with van der Waals surface area (Å²) in [5, 5.41) is 0. The van der Waals surface area contributed by atoms with Gasteiger partial charge in [-0.05, 0) is 42.0 Å². The van der Waals surface area contributed by atoms with E-state index in [1.807, 2.05) is 0 Å². The van der Waals surface area contributed by atoms with E-state index in [1.54, 1.807) is 25.2 Å². The SMILES string of the molecule is COc1ccc(CN(C)C(=O)CSc2ccc(F)cc2)cc1F. The van der Waals surface area contributed by atoms with Crippen molar-refractivity contribution in [1.29, 1.82) is 0 Å². The van der Waals surface area contributed by atoms with Crippen molar-refractivity contribution in [1.82, 2.24) is 4.90 Å². The fourth-order valence-corrected chi connectivity index (χ4v) is 2.80. The first-order valence-corrected chi connectivity index (χ1v) is 7.93. The fraction of sp³-hybridized carbons (Fsp3) is 0.235. The average Bonchev–Trinajstić information content (AvgIpc) is 2.54. The summed E-state index contributed by atoms with van der Waals surface area (Å²) in [6.07, 6.45) is 0. The standard InChI is InChI=1S/C17H17F2NO2S/c1-20(10-12-3-8-16(22-2)15(19)9-12)17(21)11-23-14-6-4-13(18)5-7-14/h3-9H,10-11H2,1-2H3. The molecule has 122 valence electrons. The Kier molecular flexibility index (Phi) is 5.98. The second-order valence-electron chi connectivity index (χ2n) is 4.96. The molecule has 0 N–H and O–H groups in total. The highest BCUT2D eigenvalue weighted by Gasteiger charge is 2.11. The number of thioether (sulfide) groups is 1. The second kappa shape index (κ2) is 7.97. The lowest BCUT2D eigenvalue weighted by Crippen LogP contribution is -2.27. The molecule has 2 aromatic rings. The first-order valence-electron chi connectivity index (χ1n) is 6.94. The van der Waals surface area contributed by atoms with Crippen LogP contribution in [-0.2, 0) is 11.3 Å². The predicted octanol–water partition coefficient (Wildman–Crippen LogP) is 3.72. The van der Waals surface area contributed by atoms with E-state index in [2.05, 4.69) is 0 Å². The van der Waals surface area contributed by atoms with Crippen LogP contribution in [0.2, 0.25) is 0 Å². The molecule has 0 unspecified atom stereocenters. The van der Waals surface area contributed by atoms with Crippen molar-refractivity contribution < 1.29 is 18.3 Å². The molecule has 0 saturated heterocycles. The van der Waals surface area contributed by atoms with Crippen LogP contribution in [0.3, 0.4) is 0 Å². The summed E-state index contributed by atoms with van der Waals surface area (Å²) in [6.45, 7) is 0.309. The Hall–Kier alpha value is -2.08. The molecule has 0 bridgehead atoms. The highest BCUT2D eigenvalue weighted by molar-refractivity contribution is 8.00. The Morgan fingerprint density at radius 3 is 2.48 bits per heavy atom. The van der Waals surface area contributed by atoms with Gasteiger partial charge in [-0.1, -0.05) is 6.07 Å². The Labute approximate surface area is 138 Å². The number of ether oxygens (including phenoxy) is 1. The topological polar surface area (TPSA) is 29.5 Å². The third-order valence-corrected chi connectivity index (χ3v) is 4.23. The molecular formula is C17H17F2NO2S. The minimum Gasteiger partial charge on any atom is -0.494 e. The average molecular weight is 337 g/mol. The van der Waals surface area contributed by atoms with Crippen LogP contribution in [0, 0.1) is 11.6 Å². The van der Waals surface area contributed by atoms with Gasteiger partial charge in [0, 0.05) is 18.5 Å². The maximum absolute atomic E-state index is 13.6. The molecule has 23 heavy (non-hydrogen) atoms. The summed E-state index contributed by atoms with van der Waals surface area (Å²) in [6, 6.07) is 10.6. The largest absolute Gasteiger partial charge is 0.494 e. The summed E-state index contributed by atoms with van der Waals surface area (Å²) in [4.78, 5) is 14.5. The van der Waals surface area contributed by atoms with Gasteiger partial charge in [0.15, 0.2) is 11.6 Å². The van der Waals surface area contributed by atoms with Gasteiger partial charge < -0.3 is 9.64 Å². The maximum Gasteiger partial charge on any atom is 0.232 e. The molecule has 3 nitrogen and oxygen atoms in total. The third kappa shape index (κ3) is 4.96. The summed E-state index contributed by atoms with van der Waals surface area (Å²) in [7, 11) is 3.07. The first kappa shape index (κ1) is 17.3. The summed E-state index contributed by atoms with van der Waals surface area (Å²) < 4.78 is 31.3. The van der Waals surface area contributed by atoms with Gasteiger partial charge in [0.1, 0.15) is 5.82 Å². The molecule has 0 fully saturated rings. The molecule has 0 aliphatic rings. The van der Waals surface area contributed by atoms with E-state index in [9.17, 15) is 13.6 Å². The number of halogens is 2. The van der Waals surface area contributed by atoms with Gasteiger partial charge in [0.05, 0.1) is 12.9 Å². The quantitative estimate of drug-likeness (QED) is 0.753. The summed E-state index contributed by atoms with van der Waals surface area (Å²) >= 11 is 1.33. The van der Waals surface area contributed by atoms with Crippen molar-refractivity contribution >= 4 is 17.7 Å². The van der Waals surface area contributed by atoms with Crippen LogP contribution in [0.25, 0.3) is 0 Å². The molecule has 2 aromatic carbocycles. The monoisotopic (exact) mass is 337 g/mol. The van der Waals surface area contributed by atoms with E-state index >= 15 is 0 Å². The van der Waals surface area contributed by atoms with Gasteiger partial charge in [0.2, 0.25) is 5.91 Å². The van der Waals surface area contributed by atoms with Gasteiger partial charge in [-0.15, -0.1) is 11.8 Å². The van der Waals surface area contributed by atoms with Crippen molar-refractivity contribution in [2.45, 2.75) is 11.4 Å². The molecule has 0 heterocycles. The fourth-order valence-electron chi connectivity index (χ4n) is 1.96. The molecule has 0 aliphatic heterocycles. The zero-order valence-electron chi connectivity index (χ0n) is 12.9. The van der Waals surface area contributed by atoms with E-state index in [4.69, 9.17) is 4.74 Å². The molecule has 0 spiro atoms. The van der Waals surface area contributed by atoms with Gasteiger partial charge in [-0.2, -0.15) is 0 Å². The lowest BCUT2D eigenvalue weighted by atomic mass is 10.2. The second-order valence-corrected chi connectivity index (χ2v) is 6.01. The summed E-state index contributed by atoms with van der Waals surface area (Å²) in [5.74, 6) is -0.433. The summed E-state index contributed by atoms with van der Waals surface area (Å²) in [5.41, 5.74) is 0.686. The minimum atomic E-state index is -0.452.